The molecular weight excluding hydrogens is 532 g/mol. The lowest BCUT2D eigenvalue weighted by atomic mass is 9.94. The zero-order valence-electron chi connectivity index (χ0n) is 22.3. The molecule has 0 aliphatic carbocycles. The number of benzene rings is 3. The maximum atomic E-state index is 13.6. The third-order valence-corrected chi connectivity index (χ3v) is 8.15. The summed E-state index contributed by atoms with van der Waals surface area (Å²) in [6.07, 6.45) is 0.696. The molecule has 6 rings (SSSR count). The molecule has 0 spiro atoms. The summed E-state index contributed by atoms with van der Waals surface area (Å²) in [5.41, 5.74) is 2.51. The highest BCUT2D eigenvalue weighted by Gasteiger charge is 2.48. The van der Waals surface area contributed by atoms with Gasteiger partial charge in [0, 0.05) is 12.0 Å². The number of amides is 1. The summed E-state index contributed by atoms with van der Waals surface area (Å²) >= 11 is 1.26. The Morgan fingerprint density at radius 3 is 2.55 bits per heavy atom. The first kappa shape index (κ1) is 25.7. The number of aromatic nitrogens is 1. The summed E-state index contributed by atoms with van der Waals surface area (Å²) in [7, 11) is 4.61. The van der Waals surface area contributed by atoms with Gasteiger partial charge in [0.05, 0.1) is 43.2 Å². The molecule has 1 saturated heterocycles. The van der Waals surface area contributed by atoms with Crippen LogP contribution in [0, 0.1) is 0 Å². The summed E-state index contributed by atoms with van der Waals surface area (Å²) < 4.78 is 22.8. The number of aliphatic hydroxyl groups is 1. The Kier molecular flexibility index (Phi) is 6.34. The number of rotatable bonds is 6. The molecule has 3 aromatic carbocycles. The van der Waals surface area contributed by atoms with Gasteiger partial charge in [0.2, 0.25) is 0 Å². The Morgan fingerprint density at radius 2 is 1.80 bits per heavy atom. The SMILES string of the molecule is COc1ccc2nc(N3C(=O)C(=O)/C(=C(/O)c4ccc5c(c4)C[C@@H](C)O5)[C@@H]3c3ccc(OC)c(OC)c3)sc2c1. The van der Waals surface area contributed by atoms with Gasteiger partial charge in [0.1, 0.15) is 23.4 Å². The van der Waals surface area contributed by atoms with E-state index in [1.807, 2.05) is 13.0 Å². The van der Waals surface area contributed by atoms with E-state index in [2.05, 4.69) is 4.98 Å². The van der Waals surface area contributed by atoms with Crippen molar-refractivity contribution in [3.05, 3.63) is 76.9 Å². The van der Waals surface area contributed by atoms with Crippen molar-refractivity contribution in [2.24, 2.45) is 0 Å². The molecule has 0 unspecified atom stereocenters. The maximum Gasteiger partial charge on any atom is 0.301 e. The van der Waals surface area contributed by atoms with Crippen molar-refractivity contribution in [2.75, 3.05) is 26.2 Å². The minimum Gasteiger partial charge on any atom is -0.507 e. The van der Waals surface area contributed by atoms with Crippen LogP contribution in [0.5, 0.6) is 23.0 Å². The number of carbonyl (C=O) groups is 2. The van der Waals surface area contributed by atoms with Gasteiger partial charge in [-0.2, -0.15) is 0 Å². The Balaban J connectivity index is 1.55. The van der Waals surface area contributed by atoms with Gasteiger partial charge in [-0.25, -0.2) is 4.98 Å². The fraction of sp³-hybridized carbons (Fsp3) is 0.233. The van der Waals surface area contributed by atoms with Gasteiger partial charge in [0.25, 0.3) is 5.78 Å². The fourth-order valence-electron chi connectivity index (χ4n) is 5.22. The lowest BCUT2D eigenvalue weighted by Crippen LogP contribution is -2.29. The third-order valence-electron chi connectivity index (χ3n) is 7.13. The average Bonchev–Trinajstić information content (AvgIpc) is 3.63. The molecule has 9 nitrogen and oxygen atoms in total. The topological polar surface area (TPSA) is 107 Å². The summed E-state index contributed by atoms with van der Waals surface area (Å²) in [4.78, 5) is 33.3. The third kappa shape index (κ3) is 4.12. The molecule has 204 valence electrons. The van der Waals surface area contributed by atoms with E-state index in [9.17, 15) is 14.7 Å². The molecule has 10 heteroatoms. The molecular formula is C30H26N2O7S. The molecule has 4 aromatic rings. The Labute approximate surface area is 234 Å². The van der Waals surface area contributed by atoms with E-state index in [-0.39, 0.29) is 17.4 Å². The van der Waals surface area contributed by atoms with E-state index in [0.717, 1.165) is 16.0 Å². The van der Waals surface area contributed by atoms with Crippen LogP contribution in [-0.4, -0.2) is 49.2 Å². The lowest BCUT2D eigenvalue weighted by molar-refractivity contribution is -0.132. The number of hydrogen-bond donors (Lipinski definition) is 1. The molecule has 1 aromatic heterocycles. The van der Waals surface area contributed by atoms with Crippen LogP contribution in [-0.2, 0) is 16.0 Å². The number of aliphatic hydroxyl groups excluding tert-OH is 1. The van der Waals surface area contributed by atoms with E-state index in [1.165, 1.54) is 30.5 Å². The van der Waals surface area contributed by atoms with Crippen molar-refractivity contribution in [1.29, 1.82) is 0 Å². The Morgan fingerprint density at radius 1 is 1.00 bits per heavy atom. The van der Waals surface area contributed by atoms with Crippen LogP contribution in [0.3, 0.4) is 0 Å². The first-order valence-electron chi connectivity index (χ1n) is 12.6. The molecule has 0 saturated carbocycles. The van der Waals surface area contributed by atoms with Crippen LogP contribution in [0.4, 0.5) is 5.13 Å². The Hall–Kier alpha value is -4.57. The minimum atomic E-state index is -0.967. The minimum absolute atomic E-state index is 0.0161. The highest BCUT2D eigenvalue weighted by Crippen LogP contribution is 2.46. The zero-order chi connectivity index (χ0) is 28.1. The molecule has 1 fully saturated rings. The lowest BCUT2D eigenvalue weighted by Gasteiger charge is -2.23. The van der Waals surface area contributed by atoms with Crippen molar-refractivity contribution in [1.82, 2.24) is 4.98 Å². The number of nitrogens with zero attached hydrogens (tertiary/aromatic N) is 2. The number of methoxy groups -OCH3 is 3. The molecule has 0 bridgehead atoms. The predicted octanol–water partition coefficient (Wildman–Crippen LogP) is 5.27. The number of hydrogen-bond acceptors (Lipinski definition) is 9. The fourth-order valence-corrected chi connectivity index (χ4v) is 6.24. The predicted molar refractivity (Wildman–Crippen MR) is 151 cm³/mol. The summed E-state index contributed by atoms with van der Waals surface area (Å²) in [6, 6.07) is 14.8. The summed E-state index contributed by atoms with van der Waals surface area (Å²) in [5, 5.41) is 11.9. The van der Waals surface area contributed by atoms with Gasteiger partial charge in [-0.3, -0.25) is 14.5 Å². The van der Waals surface area contributed by atoms with Crippen LogP contribution in [0.1, 0.15) is 29.7 Å². The van der Waals surface area contributed by atoms with Crippen molar-refractivity contribution >= 4 is 44.1 Å². The Bertz CT molecular complexity index is 1710. The molecule has 2 atom stereocenters. The molecule has 0 radical (unpaired) electrons. The van der Waals surface area contributed by atoms with Crippen LogP contribution < -0.4 is 23.8 Å². The van der Waals surface area contributed by atoms with E-state index < -0.39 is 17.7 Å². The second-order valence-electron chi connectivity index (χ2n) is 9.57. The van der Waals surface area contributed by atoms with E-state index in [0.29, 0.717) is 45.4 Å². The first-order valence-corrected chi connectivity index (χ1v) is 13.4. The second kappa shape index (κ2) is 9.87. The van der Waals surface area contributed by atoms with Crippen molar-refractivity contribution in [2.45, 2.75) is 25.5 Å². The van der Waals surface area contributed by atoms with E-state index in [1.54, 1.807) is 55.6 Å². The number of fused-ring (bicyclic) bond motifs is 2. The van der Waals surface area contributed by atoms with Crippen LogP contribution in [0.15, 0.2) is 60.2 Å². The summed E-state index contributed by atoms with van der Waals surface area (Å²) in [6.45, 7) is 1.97. The van der Waals surface area contributed by atoms with Gasteiger partial charge >= 0.3 is 5.91 Å². The normalized spacial score (nSPS) is 19.6. The van der Waals surface area contributed by atoms with Gasteiger partial charge in [0.15, 0.2) is 16.6 Å². The molecule has 1 N–H and O–H groups in total. The highest BCUT2D eigenvalue weighted by atomic mass is 32.1. The van der Waals surface area contributed by atoms with E-state index in [4.69, 9.17) is 18.9 Å². The van der Waals surface area contributed by atoms with Crippen LogP contribution in [0.25, 0.3) is 16.0 Å². The summed E-state index contributed by atoms with van der Waals surface area (Å²) in [5.74, 6) is 0.434. The highest BCUT2D eigenvalue weighted by molar-refractivity contribution is 7.22. The molecule has 1 amide bonds. The van der Waals surface area contributed by atoms with Crippen molar-refractivity contribution < 1.29 is 33.6 Å². The second-order valence-corrected chi connectivity index (χ2v) is 10.6. The van der Waals surface area contributed by atoms with Crippen LogP contribution >= 0.6 is 11.3 Å². The van der Waals surface area contributed by atoms with E-state index >= 15 is 0 Å². The maximum absolute atomic E-state index is 13.6. The molecule has 2 aliphatic rings. The molecule has 2 aliphatic heterocycles. The van der Waals surface area contributed by atoms with Gasteiger partial charge in [-0.15, -0.1) is 0 Å². The molecule has 40 heavy (non-hydrogen) atoms. The molecule has 3 heterocycles. The largest absolute Gasteiger partial charge is 0.507 e. The van der Waals surface area contributed by atoms with Crippen molar-refractivity contribution in [3.63, 3.8) is 0 Å². The van der Waals surface area contributed by atoms with Crippen LogP contribution in [0.2, 0.25) is 0 Å². The quantitative estimate of drug-likeness (QED) is 0.194. The number of ether oxygens (including phenoxy) is 4. The number of thiazole rings is 1. The number of anilines is 1. The monoisotopic (exact) mass is 558 g/mol. The average molecular weight is 559 g/mol. The number of Topliss-reactive ketones (excluding diaryl/α,β-unsaturated/α-hetero) is 1. The standard InChI is InChI=1S/C30H26N2O7S/c1-15-11-18-12-17(6-9-21(18)39-15)27(33)25-26(16-5-10-22(37-3)23(13-16)38-4)32(29(35)28(25)34)30-31-20-8-7-19(36-2)14-24(20)40-30/h5-10,12-15,26,33H,11H2,1-4H3/b27-25+/t15-,26+/m1/s1. The number of carbonyl (C=O) groups excluding carboxylic acids is 2. The smallest absolute Gasteiger partial charge is 0.301 e. The first-order chi connectivity index (χ1) is 19.3. The van der Waals surface area contributed by atoms with Crippen molar-refractivity contribution in [3.8, 4) is 23.0 Å². The van der Waals surface area contributed by atoms with Gasteiger partial charge in [-0.05, 0) is 66.6 Å². The zero-order valence-corrected chi connectivity index (χ0v) is 23.1. The van der Waals surface area contributed by atoms with Gasteiger partial charge < -0.3 is 24.1 Å². The number of ketones is 1. The van der Waals surface area contributed by atoms with Gasteiger partial charge in [-0.1, -0.05) is 17.4 Å².